The molecule has 0 fully saturated rings. The van der Waals surface area contributed by atoms with Crippen LogP contribution in [0, 0.1) is 5.92 Å². The third kappa shape index (κ3) is 3.94. The summed E-state index contributed by atoms with van der Waals surface area (Å²) in [6.45, 7) is 5.05. The van der Waals surface area contributed by atoms with Crippen LogP contribution in [0.25, 0.3) is 0 Å². The van der Waals surface area contributed by atoms with Crippen LogP contribution < -0.4 is 0 Å². The number of carbonyl (C=O) groups is 1. The van der Waals surface area contributed by atoms with Crippen molar-refractivity contribution < 1.29 is 14.6 Å². The molecule has 0 aliphatic carbocycles. The van der Waals surface area contributed by atoms with Crippen molar-refractivity contribution in [1.29, 1.82) is 0 Å². The van der Waals surface area contributed by atoms with Gasteiger partial charge in [-0.05, 0) is 12.3 Å². The van der Waals surface area contributed by atoms with E-state index in [0.717, 1.165) is 6.42 Å². The van der Waals surface area contributed by atoms with E-state index in [-0.39, 0.29) is 12.2 Å². The third-order valence-corrected chi connectivity index (χ3v) is 2.10. The summed E-state index contributed by atoms with van der Waals surface area (Å²) in [5.41, 5.74) is 0.526. The van der Waals surface area contributed by atoms with Crippen LogP contribution in [0.2, 0.25) is 0 Å². The van der Waals surface area contributed by atoms with Gasteiger partial charge in [-0.25, -0.2) is 14.8 Å². The Labute approximate surface area is 94.5 Å². The molecule has 0 atom stereocenters. The molecule has 1 aromatic heterocycles. The van der Waals surface area contributed by atoms with E-state index in [1.54, 1.807) is 0 Å². The number of ether oxygens (including phenoxy) is 1. The summed E-state index contributed by atoms with van der Waals surface area (Å²) in [6.07, 6.45) is 3.57. The minimum Gasteiger partial charge on any atom is -0.478 e. The zero-order chi connectivity index (χ0) is 12.0. The van der Waals surface area contributed by atoms with Gasteiger partial charge in [0.1, 0.15) is 11.9 Å². The predicted octanol–water partition coefficient (Wildman–Crippen LogP) is 1.74. The molecule has 0 spiro atoms. The molecule has 0 bridgehead atoms. The first-order valence-electron chi connectivity index (χ1n) is 5.21. The van der Waals surface area contributed by atoms with E-state index in [2.05, 4.69) is 23.8 Å². The number of nitrogens with zero attached hydrogens (tertiary/aromatic N) is 2. The van der Waals surface area contributed by atoms with Gasteiger partial charge in [0.05, 0.1) is 12.3 Å². The first kappa shape index (κ1) is 12.6. The van der Waals surface area contributed by atoms with E-state index in [0.29, 0.717) is 18.2 Å². The quantitative estimate of drug-likeness (QED) is 0.745. The first-order valence-corrected chi connectivity index (χ1v) is 5.21. The molecule has 5 heteroatoms. The maximum absolute atomic E-state index is 10.8. The summed E-state index contributed by atoms with van der Waals surface area (Å²) in [7, 11) is 0. The van der Waals surface area contributed by atoms with Gasteiger partial charge in [-0.3, -0.25) is 0 Å². The van der Waals surface area contributed by atoms with Crippen molar-refractivity contribution in [3.05, 3.63) is 23.8 Å². The molecule has 1 aromatic rings. The summed E-state index contributed by atoms with van der Waals surface area (Å²) in [5, 5.41) is 8.87. The van der Waals surface area contributed by atoms with Gasteiger partial charge < -0.3 is 9.84 Å². The Balaban J connectivity index is 2.50. The van der Waals surface area contributed by atoms with Gasteiger partial charge >= 0.3 is 5.97 Å². The number of aromatic nitrogens is 2. The fourth-order valence-corrected chi connectivity index (χ4v) is 1.14. The average Bonchev–Trinajstić information content (AvgIpc) is 2.24. The molecular weight excluding hydrogens is 208 g/mol. The van der Waals surface area contributed by atoms with Crippen molar-refractivity contribution in [3.8, 4) is 0 Å². The molecule has 0 amide bonds. The fourth-order valence-electron chi connectivity index (χ4n) is 1.14. The summed E-state index contributed by atoms with van der Waals surface area (Å²) in [5.74, 6) is -0.451. The topological polar surface area (TPSA) is 72.3 Å². The highest BCUT2D eigenvalue weighted by atomic mass is 16.5. The molecule has 0 saturated heterocycles. The predicted molar refractivity (Wildman–Crippen MR) is 58.1 cm³/mol. The molecule has 88 valence electrons. The van der Waals surface area contributed by atoms with Crippen molar-refractivity contribution in [3.63, 3.8) is 0 Å². The summed E-state index contributed by atoms with van der Waals surface area (Å²) < 4.78 is 5.37. The van der Waals surface area contributed by atoms with Crippen LogP contribution in [0.4, 0.5) is 0 Å². The third-order valence-electron chi connectivity index (χ3n) is 2.10. The number of aromatic carboxylic acids is 1. The van der Waals surface area contributed by atoms with Crippen LogP contribution in [-0.2, 0) is 11.3 Å². The second-order valence-electron chi connectivity index (χ2n) is 3.92. The molecule has 0 saturated carbocycles. The summed E-state index contributed by atoms with van der Waals surface area (Å²) >= 11 is 0. The van der Waals surface area contributed by atoms with Gasteiger partial charge in [0.25, 0.3) is 0 Å². The SMILES string of the molecule is CC(C)CCOCc1ncncc1C(=O)O. The van der Waals surface area contributed by atoms with E-state index >= 15 is 0 Å². The minimum atomic E-state index is -1.02. The van der Waals surface area contributed by atoms with Crippen molar-refractivity contribution in [1.82, 2.24) is 9.97 Å². The van der Waals surface area contributed by atoms with E-state index in [9.17, 15) is 4.79 Å². The van der Waals surface area contributed by atoms with Gasteiger partial charge in [-0.15, -0.1) is 0 Å². The molecule has 0 aliphatic rings. The van der Waals surface area contributed by atoms with Gasteiger partial charge in [0, 0.05) is 12.8 Å². The van der Waals surface area contributed by atoms with Crippen LogP contribution in [0.5, 0.6) is 0 Å². The van der Waals surface area contributed by atoms with Crippen molar-refractivity contribution >= 4 is 5.97 Å². The number of carboxylic acids is 1. The molecule has 1 N–H and O–H groups in total. The molecule has 5 nitrogen and oxygen atoms in total. The van der Waals surface area contributed by atoms with E-state index < -0.39 is 5.97 Å². The van der Waals surface area contributed by atoms with Crippen LogP contribution >= 0.6 is 0 Å². The zero-order valence-electron chi connectivity index (χ0n) is 9.51. The zero-order valence-corrected chi connectivity index (χ0v) is 9.51. The lowest BCUT2D eigenvalue weighted by Gasteiger charge is -2.07. The Kier molecular flexibility index (Phi) is 4.85. The molecule has 0 aromatic carbocycles. The molecular formula is C11H16N2O3. The van der Waals surface area contributed by atoms with Crippen LogP contribution in [-0.4, -0.2) is 27.7 Å². The Morgan fingerprint density at radius 2 is 2.31 bits per heavy atom. The Hall–Kier alpha value is -1.49. The highest BCUT2D eigenvalue weighted by Crippen LogP contribution is 2.06. The monoisotopic (exact) mass is 224 g/mol. The number of hydrogen-bond donors (Lipinski definition) is 1. The first-order chi connectivity index (χ1) is 7.61. The van der Waals surface area contributed by atoms with Crippen molar-refractivity contribution in [2.75, 3.05) is 6.61 Å². The normalized spacial score (nSPS) is 10.7. The highest BCUT2D eigenvalue weighted by molar-refractivity contribution is 5.88. The number of hydrogen-bond acceptors (Lipinski definition) is 4. The van der Waals surface area contributed by atoms with E-state index in [4.69, 9.17) is 9.84 Å². The second kappa shape index (κ2) is 6.17. The Morgan fingerprint density at radius 1 is 1.56 bits per heavy atom. The van der Waals surface area contributed by atoms with Crippen molar-refractivity contribution in [2.24, 2.45) is 5.92 Å². The average molecular weight is 224 g/mol. The van der Waals surface area contributed by atoms with E-state index in [1.807, 2.05) is 0 Å². The maximum atomic E-state index is 10.8. The smallest absolute Gasteiger partial charge is 0.339 e. The standard InChI is InChI=1S/C11H16N2O3/c1-8(2)3-4-16-6-10-9(11(14)15)5-12-7-13-10/h5,7-8H,3-4,6H2,1-2H3,(H,14,15). The van der Waals surface area contributed by atoms with Crippen LogP contribution in [0.15, 0.2) is 12.5 Å². The van der Waals surface area contributed by atoms with Gasteiger partial charge in [0.15, 0.2) is 0 Å². The molecule has 0 aliphatic heterocycles. The Morgan fingerprint density at radius 3 is 2.94 bits per heavy atom. The largest absolute Gasteiger partial charge is 0.478 e. The lowest BCUT2D eigenvalue weighted by Crippen LogP contribution is -2.08. The van der Waals surface area contributed by atoms with Gasteiger partial charge in [-0.2, -0.15) is 0 Å². The van der Waals surface area contributed by atoms with Crippen LogP contribution in [0.3, 0.4) is 0 Å². The molecule has 16 heavy (non-hydrogen) atoms. The van der Waals surface area contributed by atoms with Gasteiger partial charge in [0.2, 0.25) is 0 Å². The summed E-state index contributed by atoms with van der Waals surface area (Å²) in [4.78, 5) is 18.4. The van der Waals surface area contributed by atoms with Crippen molar-refractivity contribution in [2.45, 2.75) is 26.9 Å². The summed E-state index contributed by atoms with van der Waals surface area (Å²) in [6, 6.07) is 0. The highest BCUT2D eigenvalue weighted by Gasteiger charge is 2.11. The Bertz CT molecular complexity index is 353. The second-order valence-corrected chi connectivity index (χ2v) is 3.92. The number of carboxylic acid groups (broad SMARTS) is 1. The number of rotatable bonds is 6. The molecule has 1 rings (SSSR count). The maximum Gasteiger partial charge on any atom is 0.339 e. The molecule has 0 radical (unpaired) electrons. The van der Waals surface area contributed by atoms with E-state index in [1.165, 1.54) is 12.5 Å². The lowest BCUT2D eigenvalue weighted by atomic mass is 10.1. The van der Waals surface area contributed by atoms with Gasteiger partial charge in [-0.1, -0.05) is 13.8 Å². The fraction of sp³-hybridized carbons (Fsp3) is 0.545. The van der Waals surface area contributed by atoms with Crippen LogP contribution in [0.1, 0.15) is 36.3 Å². The minimum absolute atomic E-state index is 0.104. The molecule has 1 heterocycles. The lowest BCUT2D eigenvalue weighted by molar-refractivity contribution is 0.0682. The molecule has 0 unspecified atom stereocenters.